The first-order valence-corrected chi connectivity index (χ1v) is 8.68. The third-order valence-corrected chi connectivity index (χ3v) is 8.03. The predicted molar refractivity (Wildman–Crippen MR) is 70.8 cm³/mol. The van der Waals surface area contributed by atoms with Crippen LogP contribution in [0.15, 0.2) is 30.3 Å². The van der Waals surface area contributed by atoms with Gasteiger partial charge in [0.05, 0.1) is 0 Å². The molecule has 1 rings (SSSR count). The molecule has 1 atom stereocenters. The maximum Gasteiger partial charge on any atom is 0.247 e. The molecular weight excluding hydrogens is 247 g/mol. The molecule has 0 radical (unpaired) electrons. The van der Waals surface area contributed by atoms with Gasteiger partial charge >= 0.3 is 0 Å². The average molecular weight is 262 g/mol. The van der Waals surface area contributed by atoms with Crippen molar-refractivity contribution in [3.05, 3.63) is 35.9 Å². The van der Waals surface area contributed by atoms with Crippen LogP contribution in [-0.4, -0.2) is 14.2 Å². The van der Waals surface area contributed by atoms with Gasteiger partial charge in [-0.1, -0.05) is 41.7 Å². The van der Waals surface area contributed by atoms with Gasteiger partial charge in [0.25, 0.3) is 0 Å². The van der Waals surface area contributed by atoms with Crippen LogP contribution in [0.25, 0.3) is 0 Å². The Morgan fingerprint density at radius 2 is 1.73 bits per heavy atom. The molecule has 0 N–H and O–H groups in total. The van der Waals surface area contributed by atoms with E-state index >= 15 is 0 Å². The van der Waals surface area contributed by atoms with E-state index < -0.39 is 5.69 Å². The minimum atomic E-state index is -2.15. The first kappa shape index (κ1) is 13.2. The molecule has 0 spiro atoms. The van der Waals surface area contributed by atoms with Crippen molar-refractivity contribution < 1.29 is 9.05 Å². The highest BCUT2D eigenvalue weighted by Crippen LogP contribution is 2.64. The molecule has 15 heavy (non-hydrogen) atoms. The molecule has 0 heterocycles. The lowest BCUT2D eigenvalue weighted by atomic mass is 10.2. The Morgan fingerprint density at radius 1 is 1.20 bits per heavy atom. The van der Waals surface area contributed by atoms with E-state index in [0.29, 0.717) is 0 Å². The molecule has 2 nitrogen and oxygen atoms in total. The van der Waals surface area contributed by atoms with Gasteiger partial charge in [0.1, 0.15) is 0 Å². The highest BCUT2D eigenvalue weighted by atomic mass is 32.9. The fraction of sp³-hybridized carbons (Fsp3) is 0.400. The highest BCUT2D eigenvalue weighted by Gasteiger charge is 2.21. The monoisotopic (exact) mass is 262 g/mol. The summed E-state index contributed by atoms with van der Waals surface area (Å²) in [6, 6.07) is 10.2. The molecule has 0 bridgehead atoms. The lowest BCUT2D eigenvalue weighted by Gasteiger charge is -2.21. The summed E-state index contributed by atoms with van der Waals surface area (Å²) in [5.41, 5.74) is -0.911. The summed E-state index contributed by atoms with van der Waals surface area (Å²) in [5, 5.41) is 0.289. The molecule has 0 aliphatic carbocycles. The number of benzene rings is 1. The zero-order valence-corrected chi connectivity index (χ0v) is 11.6. The normalized spacial score (nSPS) is 13.8. The van der Waals surface area contributed by atoms with Gasteiger partial charge in [0.15, 0.2) is 0 Å². The van der Waals surface area contributed by atoms with E-state index in [-0.39, 0.29) is 5.25 Å². The topological polar surface area (TPSA) is 18.5 Å². The lowest BCUT2D eigenvalue weighted by Crippen LogP contribution is -1.90. The van der Waals surface area contributed by atoms with Gasteiger partial charge in [-0.2, -0.15) is 0 Å². The van der Waals surface area contributed by atoms with Gasteiger partial charge in [-0.3, -0.25) is 0 Å². The maximum atomic E-state index is 5.31. The second-order valence-corrected chi connectivity index (χ2v) is 9.72. The van der Waals surface area contributed by atoms with Crippen molar-refractivity contribution in [3.63, 3.8) is 0 Å². The molecule has 1 unspecified atom stereocenters. The van der Waals surface area contributed by atoms with E-state index in [2.05, 4.69) is 19.1 Å². The first-order valence-electron chi connectivity index (χ1n) is 4.56. The van der Waals surface area contributed by atoms with Crippen LogP contribution < -0.4 is 0 Å². The zero-order chi connectivity index (χ0) is 11.3. The van der Waals surface area contributed by atoms with Gasteiger partial charge in [-0.15, -0.1) is 0 Å². The number of hydrogen-bond acceptors (Lipinski definition) is 4. The molecular formula is C10H15O2PS2. The van der Waals surface area contributed by atoms with Crippen molar-refractivity contribution in [3.8, 4) is 0 Å². The van der Waals surface area contributed by atoms with Crippen LogP contribution in [0.2, 0.25) is 0 Å². The molecule has 0 aliphatic rings. The van der Waals surface area contributed by atoms with E-state index in [9.17, 15) is 0 Å². The van der Waals surface area contributed by atoms with E-state index in [0.717, 1.165) is 0 Å². The molecule has 1 aromatic rings. The Labute approximate surface area is 100 Å². The van der Waals surface area contributed by atoms with Crippen LogP contribution in [0, 0.1) is 0 Å². The highest BCUT2D eigenvalue weighted by molar-refractivity contribution is 8.67. The van der Waals surface area contributed by atoms with Crippen molar-refractivity contribution >= 4 is 28.9 Å². The van der Waals surface area contributed by atoms with E-state index in [1.165, 1.54) is 5.56 Å². The smallest absolute Gasteiger partial charge is 0.247 e. The van der Waals surface area contributed by atoms with Crippen LogP contribution in [-0.2, 0) is 20.9 Å². The summed E-state index contributed by atoms with van der Waals surface area (Å²) < 4.78 is 10.5. The molecule has 1 aromatic carbocycles. The Bertz CT molecular complexity index is 335. The van der Waals surface area contributed by atoms with Gasteiger partial charge in [0.2, 0.25) is 5.69 Å². The predicted octanol–water partition coefficient (Wildman–Crippen LogP) is 4.00. The van der Waals surface area contributed by atoms with Gasteiger partial charge in [-0.25, -0.2) is 0 Å². The lowest BCUT2D eigenvalue weighted by molar-refractivity contribution is 0.354. The SMILES string of the molecule is COP(=S)(OC)SC(C)c1ccccc1. The second-order valence-electron chi connectivity index (χ2n) is 2.97. The molecule has 0 aromatic heterocycles. The molecule has 0 saturated heterocycles. The summed E-state index contributed by atoms with van der Waals surface area (Å²) >= 11 is 6.89. The maximum absolute atomic E-state index is 5.31. The fourth-order valence-corrected chi connectivity index (χ4v) is 5.33. The summed E-state index contributed by atoms with van der Waals surface area (Å²) in [5.74, 6) is 0. The van der Waals surface area contributed by atoms with Gasteiger partial charge < -0.3 is 9.05 Å². The molecule has 0 amide bonds. The Hall–Kier alpha value is 0.140. The zero-order valence-electron chi connectivity index (χ0n) is 9.04. The molecule has 0 saturated carbocycles. The van der Waals surface area contributed by atoms with Gasteiger partial charge in [-0.05, 0) is 24.3 Å². The summed E-state index contributed by atoms with van der Waals surface area (Å²) in [7, 11) is 3.21. The van der Waals surface area contributed by atoms with E-state index in [1.807, 2.05) is 18.2 Å². The minimum absolute atomic E-state index is 0.289. The average Bonchev–Trinajstić information content (AvgIpc) is 2.30. The van der Waals surface area contributed by atoms with Crippen LogP contribution >= 0.6 is 17.1 Å². The van der Waals surface area contributed by atoms with Crippen molar-refractivity contribution in [2.45, 2.75) is 12.2 Å². The Balaban J connectivity index is 2.71. The van der Waals surface area contributed by atoms with Gasteiger partial charge in [0, 0.05) is 19.5 Å². The third-order valence-electron chi connectivity index (χ3n) is 2.00. The molecule has 0 aliphatic heterocycles. The van der Waals surface area contributed by atoms with Crippen LogP contribution in [0.5, 0.6) is 0 Å². The fourth-order valence-electron chi connectivity index (χ4n) is 1.14. The van der Waals surface area contributed by atoms with Crippen LogP contribution in [0.3, 0.4) is 0 Å². The minimum Gasteiger partial charge on any atom is -0.325 e. The van der Waals surface area contributed by atoms with E-state index in [1.54, 1.807) is 25.6 Å². The quantitative estimate of drug-likeness (QED) is 0.746. The Kier molecular flexibility index (Phi) is 5.30. The molecule has 0 fully saturated rings. The summed E-state index contributed by atoms with van der Waals surface area (Å²) in [6.07, 6.45) is 0. The van der Waals surface area contributed by atoms with Crippen LogP contribution in [0.4, 0.5) is 0 Å². The second kappa shape index (κ2) is 6.02. The summed E-state index contributed by atoms with van der Waals surface area (Å²) in [6.45, 7) is 2.11. The first-order chi connectivity index (χ1) is 7.11. The third kappa shape index (κ3) is 3.89. The molecule has 84 valence electrons. The van der Waals surface area contributed by atoms with Crippen molar-refractivity contribution in [2.24, 2.45) is 0 Å². The number of hydrogen-bond donors (Lipinski definition) is 0. The largest absolute Gasteiger partial charge is 0.325 e. The number of rotatable bonds is 5. The van der Waals surface area contributed by atoms with E-state index in [4.69, 9.17) is 20.9 Å². The van der Waals surface area contributed by atoms with Crippen LogP contribution in [0.1, 0.15) is 17.7 Å². The summed E-state index contributed by atoms with van der Waals surface area (Å²) in [4.78, 5) is 0. The van der Waals surface area contributed by atoms with Crippen molar-refractivity contribution in [2.75, 3.05) is 14.2 Å². The standard InChI is InChI=1S/C10H15O2PS2/c1-9(10-7-5-4-6-8-10)15-13(14,11-2)12-3/h4-9H,1-3H3. The van der Waals surface area contributed by atoms with Crippen molar-refractivity contribution in [1.29, 1.82) is 0 Å². The van der Waals surface area contributed by atoms with Crippen molar-refractivity contribution in [1.82, 2.24) is 0 Å². The molecule has 5 heteroatoms. The Morgan fingerprint density at radius 3 is 2.20 bits per heavy atom.